The highest BCUT2D eigenvalue weighted by molar-refractivity contribution is 9.10. The Balaban J connectivity index is 1.96. The number of alkyl carbamates (subject to hydrolysis) is 1. The lowest BCUT2D eigenvalue weighted by Crippen LogP contribution is -2.33. The molecule has 0 spiro atoms. The molecule has 1 aromatic carbocycles. The first kappa shape index (κ1) is 17.1. The summed E-state index contributed by atoms with van der Waals surface area (Å²) >= 11 is 3.51. The van der Waals surface area contributed by atoms with E-state index in [1.54, 1.807) is 6.07 Å². The molecule has 2 rings (SSSR count). The fourth-order valence-electron chi connectivity index (χ4n) is 2.47. The Kier molecular flexibility index (Phi) is 5.34. The molecule has 1 aliphatic rings. The number of aromatic hydroxyl groups is 1. The summed E-state index contributed by atoms with van der Waals surface area (Å²) in [6, 6.07) is 3.50. The minimum absolute atomic E-state index is 0.226. The van der Waals surface area contributed by atoms with Crippen LogP contribution < -0.4 is 5.32 Å². The van der Waals surface area contributed by atoms with Crippen molar-refractivity contribution in [1.82, 2.24) is 5.32 Å². The summed E-state index contributed by atoms with van der Waals surface area (Å²) in [5, 5.41) is 12.8. The normalized spacial score (nSPS) is 17.7. The van der Waals surface area contributed by atoms with Crippen molar-refractivity contribution in [3.05, 3.63) is 27.7 Å². The SMILES string of the molecule is CC(C)(C)OC(=O)NCCC1OCCc2c(Br)ccc(O)c21. The summed E-state index contributed by atoms with van der Waals surface area (Å²) < 4.78 is 11.9. The van der Waals surface area contributed by atoms with Gasteiger partial charge in [-0.15, -0.1) is 0 Å². The molecular formula is C16H22BrNO4. The van der Waals surface area contributed by atoms with E-state index in [-0.39, 0.29) is 11.9 Å². The third-order valence-electron chi connectivity index (χ3n) is 3.34. The van der Waals surface area contributed by atoms with Gasteiger partial charge in [0.15, 0.2) is 0 Å². The van der Waals surface area contributed by atoms with Gasteiger partial charge in [0.2, 0.25) is 0 Å². The van der Waals surface area contributed by atoms with Crippen LogP contribution >= 0.6 is 15.9 Å². The minimum atomic E-state index is -0.513. The smallest absolute Gasteiger partial charge is 0.407 e. The van der Waals surface area contributed by atoms with E-state index in [0.29, 0.717) is 19.6 Å². The quantitative estimate of drug-likeness (QED) is 0.850. The number of fused-ring (bicyclic) bond motifs is 1. The van der Waals surface area contributed by atoms with Gasteiger partial charge in [0.05, 0.1) is 12.7 Å². The number of carbonyl (C=O) groups is 1. The number of halogens is 1. The van der Waals surface area contributed by atoms with Crippen LogP contribution in [0.5, 0.6) is 5.75 Å². The molecule has 0 saturated heterocycles. The number of ether oxygens (including phenoxy) is 2. The van der Waals surface area contributed by atoms with Gasteiger partial charge in [0.1, 0.15) is 11.4 Å². The average molecular weight is 372 g/mol. The largest absolute Gasteiger partial charge is 0.508 e. The molecule has 1 amide bonds. The monoisotopic (exact) mass is 371 g/mol. The first-order valence-corrected chi connectivity index (χ1v) is 8.16. The van der Waals surface area contributed by atoms with Crippen molar-refractivity contribution in [2.45, 2.75) is 45.3 Å². The number of rotatable bonds is 3. The lowest BCUT2D eigenvalue weighted by molar-refractivity contribution is 0.0313. The summed E-state index contributed by atoms with van der Waals surface area (Å²) in [4.78, 5) is 11.6. The number of carbonyl (C=O) groups excluding carboxylic acids is 1. The zero-order valence-corrected chi connectivity index (χ0v) is 14.7. The molecule has 0 bridgehead atoms. The first-order valence-electron chi connectivity index (χ1n) is 7.36. The molecule has 5 nitrogen and oxygen atoms in total. The number of phenolic OH excluding ortho intramolecular Hbond substituents is 1. The van der Waals surface area contributed by atoms with Gasteiger partial charge < -0.3 is 19.9 Å². The van der Waals surface area contributed by atoms with Crippen molar-refractivity contribution >= 4 is 22.0 Å². The van der Waals surface area contributed by atoms with E-state index in [9.17, 15) is 9.90 Å². The van der Waals surface area contributed by atoms with Gasteiger partial charge in [-0.05, 0) is 51.3 Å². The third-order valence-corrected chi connectivity index (χ3v) is 4.09. The van der Waals surface area contributed by atoms with Crippen LogP contribution in [0.1, 0.15) is 44.4 Å². The molecule has 0 fully saturated rings. The standard InChI is InChI=1S/C16H22BrNO4/c1-16(2,3)22-15(20)18-8-6-13-14-10(7-9-21-13)11(17)4-5-12(14)19/h4-5,13,19H,6-9H2,1-3H3,(H,18,20). The average Bonchev–Trinajstić information content (AvgIpc) is 2.41. The van der Waals surface area contributed by atoms with Gasteiger partial charge >= 0.3 is 6.09 Å². The van der Waals surface area contributed by atoms with Crippen molar-refractivity contribution in [1.29, 1.82) is 0 Å². The third kappa shape index (κ3) is 4.36. The van der Waals surface area contributed by atoms with Crippen LogP contribution in [0.3, 0.4) is 0 Å². The molecular weight excluding hydrogens is 350 g/mol. The summed E-state index contributed by atoms with van der Waals surface area (Å²) in [6.45, 7) is 6.49. The van der Waals surface area contributed by atoms with E-state index < -0.39 is 11.7 Å². The summed E-state index contributed by atoms with van der Waals surface area (Å²) in [6.07, 6.45) is 0.675. The van der Waals surface area contributed by atoms with Gasteiger partial charge in [-0.25, -0.2) is 4.79 Å². The molecule has 22 heavy (non-hydrogen) atoms. The Labute approximate surface area is 139 Å². The Bertz CT molecular complexity index is 554. The predicted octanol–water partition coefficient (Wildman–Crippen LogP) is 3.68. The molecule has 1 aliphatic heterocycles. The number of benzene rings is 1. The van der Waals surface area contributed by atoms with Crippen LogP contribution in [-0.4, -0.2) is 30.0 Å². The fourth-order valence-corrected chi connectivity index (χ4v) is 3.02. The van der Waals surface area contributed by atoms with Crippen LogP contribution in [0.2, 0.25) is 0 Å². The van der Waals surface area contributed by atoms with Gasteiger partial charge in [-0.1, -0.05) is 15.9 Å². The highest BCUT2D eigenvalue weighted by atomic mass is 79.9. The van der Waals surface area contributed by atoms with E-state index in [2.05, 4.69) is 21.2 Å². The van der Waals surface area contributed by atoms with Crippen molar-refractivity contribution in [3.8, 4) is 5.75 Å². The Morgan fingerprint density at radius 2 is 2.23 bits per heavy atom. The summed E-state index contributed by atoms with van der Waals surface area (Å²) in [5.41, 5.74) is 1.38. The van der Waals surface area contributed by atoms with Gasteiger partial charge in [0.25, 0.3) is 0 Å². The summed E-state index contributed by atoms with van der Waals surface area (Å²) in [7, 11) is 0. The zero-order chi connectivity index (χ0) is 16.3. The molecule has 0 aliphatic carbocycles. The number of hydrogen-bond donors (Lipinski definition) is 2. The van der Waals surface area contributed by atoms with E-state index in [0.717, 1.165) is 22.0 Å². The molecule has 0 saturated carbocycles. The Hall–Kier alpha value is -1.27. The number of hydrogen-bond acceptors (Lipinski definition) is 4. The van der Waals surface area contributed by atoms with Crippen LogP contribution in [0.15, 0.2) is 16.6 Å². The Morgan fingerprint density at radius 1 is 1.50 bits per heavy atom. The van der Waals surface area contributed by atoms with E-state index in [4.69, 9.17) is 9.47 Å². The second-order valence-corrected chi connectivity index (χ2v) is 7.14. The van der Waals surface area contributed by atoms with Crippen molar-refractivity contribution in [2.75, 3.05) is 13.2 Å². The molecule has 2 N–H and O–H groups in total. The molecule has 122 valence electrons. The molecule has 1 atom stereocenters. The van der Waals surface area contributed by atoms with E-state index in [1.165, 1.54) is 0 Å². The maximum atomic E-state index is 11.6. The van der Waals surface area contributed by atoms with Crippen LogP contribution in [0, 0.1) is 0 Å². The second kappa shape index (κ2) is 6.87. The topological polar surface area (TPSA) is 67.8 Å². The van der Waals surface area contributed by atoms with Crippen LogP contribution in [-0.2, 0) is 15.9 Å². The molecule has 1 aromatic rings. The fraction of sp³-hybridized carbons (Fsp3) is 0.562. The second-order valence-electron chi connectivity index (χ2n) is 6.29. The maximum Gasteiger partial charge on any atom is 0.407 e. The van der Waals surface area contributed by atoms with Crippen molar-refractivity contribution in [3.63, 3.8) is 0 Å². The van der Waals surface area contributed by atoms with E-state index in [1.807, 2.05) is 26.8 Å². The molecule has 0 aromatic heterocycles. The molecule has 0 radical (unpaired) electrons. The van der Waals surface area contributed by atoms with Crippen LogP contribution in [0.4, 0.5) is 4.79 Å². The molecule has 6 heteroatoms. The number of amides is 1. The first-order chi connectivity index (χ1) is 10.3. The maximum absolute atomic E-state index is 11.6. The van der Waals surface area contributed by atoms with Gasteiger partial charge in [-0.3, -0.25) is 0 Å². The lowest BCUT2D eigenvalue weighted by Gasteiger charge is -2.28. The lowest BCUT2D eigenvalue weighted by atomic mass is 9.95. The Morgan fingerprint density at radius 3 is 2.91 bits per heavy atom. The summed E-state index contributed by atoms with van der Waals surface area (Å²) in [5.74, 6) is 0.236. The molecule has 1 heterocycles. The zero-order valence-electron chi connectivity index (χ0n) is 13.1. The van der Waals surface area contributed by atoms with Crippen molar-refractivity contribution < 1.29 is 19.4 Å². The van der Waals surface area contributed by atoms with E-state index >= 15 is 0 Å². The molecule has 1 unspecified atom stereocenters. The minimum Gasteiger partial charge on any atom is -0.508 e. The predicted molar refractivity (Wildman–Crippen MR) is 87.1 cm³/mol. The number of nitrogens with one attached hydrogen (secondary N) is 1. The van der Waals surface area contributed by atoms with Gasteiger partial charge in [0, 0.05) is 16.6 Å². The van der Waals surface area contributed by atoms with Crippen LogP contribution in [0.25, 0.3) is 0 Å². The van der Waals surface area contributed by atoms with Gasteiger partial charge in [-0.2, -0.15) is 0 Å². The number of phenols is 1. The van der Waals surface area contributed by atoms with Crippen molar-refractivity contribution in [2.24, 2.45) is 0 Å². The highest BCUT2D eigenvalue weighted by Gasteiger charge is 2.26. The highest BCUT2D eigenvalue weighted by Crippen LogP contribution is 2.39.